The zero-order chi connectivity index (χ0) is 19.6. The number of hydrogen-bond acceptors (Lipinski definition) is 3. The van der Waals surface area contributed by atoms with Crippen LogP contribution in [-0.2, 0) is 24.2 Å². The minimum absolute atomic E-state index is 0. The van der Waals surface area contributed by atoms with Crippen LogP contribution in [0.4, 0.5) is 5.69 Å². The topological polar surface area (TPSA) is 48.9 Å². The van der Waals surface area contributed by atoms with E-state index in [9.17, 15) is 0 Å². The monoisotopic (exact) mass is 518 g/mol. The standard InChI is InChI=1S/C24H30N4O.HI/c1-25-24(27-21-14-20-10-11-23(21)29-20)26-15-17-6-8-18(9-7-17)16-28-13-12-19-4-2-3-5-22(19)28;/h2-9,20-21,23H,10-16H2,1H3,(H2,25,26,27);1H. The van der Waals surface area contributed by atoms with Gasteiger partial charge in [0.25, 0.3) is 0 Å². The minimum Gasteiger partial charge on any atom is -0.373 e. The van der Waals surface area contributed by atoms with Crippen LogP contribution >= 0.6 is 24.0 Å². The van der Waals surface area contributed by atoms with Gasteiger partial charge in [0.2, 0.25) is 0 Å². The Kier molecular flexibility index (Phi) is 6.83. The predicted octanol–water partition coefficient (Wildman–Crippen LogP) is 3.85. The molecule has 2 fully saturated rings. The van der Waals surface area contributed by atoms with Crippen LogP contribution in [0.25, 0.3) is 0 Å². The summed E-state index contributed by atoms with van der Waals surface area (Å²) in [5.74, 6) is 0.865. The summed E-state index contributed by atoms with van der Waals surface area (Å²) < 4.78 is 5.93. The molecule has 3 unspecified atom stereocenters. The van der Waals surface area contributed by atoms with Crippen LogP contribution in [0, 0.1) is 0 Å². The number of ether oxygens (including phenoxy) is 1. The van der Waals surface area contributed by atoms with Crippen molar-refractivity contribution in [1.29, 1.82) is 0 Å². The molecule has 2 aromatic carbocycles. The number of rotatable bonds is 5. The van der Waals surface area contributed by atoms with Crippen LogP contribution in [-0.4, -0.2) is 37.8 Å². The summed E-state index contributed by atoms with van der Waals surface area (Å²) in [6.45, 7) is 2.85. The lowest BCUT2D eigenvalue weighted by atomic mass is 9.96. The molecule has 5 nitrogen and oxygen atoms in total. The number of halogens is 1. The lowest BCUT2D eigenvalue weighted by Gasteiger charge is -2.22. The van der Waals surface area contributed by atoms with Gasteiger partial charge in [-0.25, -0.2) is 0 Å². The molecule has 3 atom stereocenters. The van der Waals surface area contributed by atoms with Gasteiger partial charge in [-0.2, -0.15) is 0 Å². The molecule has 6 heteroatoms. The van der Waals surface area contributed by atoms with E-state index in [-0.39, 0.29) is 24.0 Å². The van der Waals surface area contributed by atoms with Crippen LogP contribution in [0.2, 0.25) is 0 Å². The molecular formula is C24H31IN4O. The van der Waals surface area contributed by atoms with E-state index >= 15 is 0 Å². The zero-order valence-corrected chi connectivity index (χ0v) is 19.8. The van der Waals surface area contributed by atoms with Gasteiger partial charge in [-0.15, -0.1) is 24.0 Å². The summed E-state index contributed by atoms with van der Waals surface area (Å²) in [6.07, 6.45) is 5.43. The summed E-state index contributed by atoms with van der Waals surface area (Å²) in [7, 11) is 1.83. The lowest BCUT2D eigenvalue weighted by Crippen LogP contribution is -2.47. The fraction of sp³-hybridized carbons (Fsp3) is 0.458. The van der Waals surface area contributed by atoms with Crippen molar-refractivity contribution in [2.75, 3.05) is 18.5 Å². The first-order valence-corrected chi connectivity index (χ1v) is 10.8. The Hall–Kier alpha value is -1.80. The molecule has 2 saturated heterocycles. The Morgan fingerprint density at radius 2 is 1.90 bits per heavy atom. The Balaban J connectivity index is 0.00000218. The molecule has 0 radical (unpaired) electrons. The second kappa shape index (κ2) is 9.56. The first kappa shape index (κ1) is 21.4. The molecule has 3 aliphatic rings. The zero-order valence-electron chi connectivity index (χ0n) is 17.5. The molecule has 3 heterocycles. The Labute approximate surface area is 196 Å². The molecule has 0 amide bonds. The number of para-hydroxylation sites is 1. The maximum absolute atomic E-state index is 5.93. The second-order valence-corrected chi connectivity index (χ2v) is 8.40. The van der Waals surface area contributed by atoms with Crippen molar-refractivity contribution in [3.63, 3.8) is 0 Å². The van der Waals surface area contributed by atoms with Crippen molar-refractivity contribution < 1.29 is 4.74 Å². The summed E-state index contributed by atoms with van der Waals surface area (Å²) in [4.78, 5) is 6.87. The van der Waals surface area contributed by atoms with Crippen LogP contribution in [0.5, 0.6) is 0 Å². The molecule has 2 bridgehead atoms. The predicted molar refractivity (Wildman–Crippen MR) is 133 cm³/mol. The Bertz CT molecular complexity index is 885. The highest BCUT2D eigenvalue weighted by molar-refractivity contribution is 14.0. The summed E-state index contributed by atoms with van der Waals surface area (Å²) >= 11 is 0. The first-order valence-electron chi connectivity index (χ1n) is 10.8. The van der Waals surface area contributed by atoms with Crippen LogP contribution in [0.1, 0.15) is 36.0 Å². The highest BCUT2D eigenvalue weighted by Gasteiger charge is 2.41. The van der Waals surface area contributed by atoms with Crippen LogP contribution in [0.15, 0.2) is 53.5 Å². The lowest BCUT2D eigenvalue weighted by molar-refractivity contribution is 0.0992. The number of anilines is 1. The van der Waals surface area contributed by atoms with Crippen LogP contribution in [0.3, 0.4) is 0 Å². The number of aliphatic imine (C=N–C) groups is 1. The number of benzene rings is 2. The van der Waals surface area contributed by atoms with Gasteiger partial charge in [0.15, 0.2) is 5.96 Å². The molecule has 160 valence electrons. The average Bonchev–Trinajstić information content (AvgIpc) is 3.48. The van der Waals surface area contributed by atoms with Crippen molar-refractivity contribution in [3.05, 3.63) is 65.2 Å². The van der Waals surface area contributed by atoms with E-state index in [1.165, 1.54) is 35.2 Å². The van der Waals surface area contributed by atoms with Gasteiger partial charge in [-0.1, -0.05) is 42.5 Å². The molecule has 2 N–H and O–H groups in total. The maximum Gasteiger partial charge on any atom is 0.191 e. The molecule has 5 rings (SSSR count). The van der Waals surface area contributed by atoms with Crippen molar-refractivity contribution in [1.82, 2.24) is 10.6 Å². The largest absolute Gasteiger partial charge is 0.373 e. The highest BCUT2D eigenvalue weighted by atomic mass is 127. The smallest absolute Gasteiger partial charge is 0.191 e. The minimum atomic E-state index is 0. The highest BCUT2D eigenvalue weighted by Crippen LogP contribution is 2.34. The fourth-order valence-corrected chi connectivity index (χ4v) is 4.90. The van der Waals surface area contributed by atoms with Gasteiger partial charge in [0, 0.05) is 32.4 Å². The number of fused-ring (bicyclic) bond motifs is 3. The molecule has 3 aliphatic heterocycles. The fourth-order valence-electron chi connectivity index (χ4n) is 4.90. The van der Waals surface area contributed by atoms with E-state index in [2.05, 4.69) is 69.1 Å². The van der Waals surface area contributed by atoms with E-state index in [4.69, 9.17) is 4.74 Å². The molecule has 0 saturated carbocycles. The number of nitrogens with one attached hydrogen (secondary N) is 2. The third-order valence-electron chi connectivity index (χ3n) is 6.49. The number of nitrogens with zero attached hydrogens (tertiary/aromatic N) is 2. The van der Waals surface area contributed by atoms with Crippen molar-refractivity contribution >= 4 is 35.6 Å². The second-order valence-electron chi connectivity index (χ2n) is 8.40. The van der Waals surface area contributed by atoms with E-state index in [1.54, 1.807) is 0 Å². The van der Waals surface area contributed by atoms with Gasteiger partial charge >= 0.3 is 0 Å². The van der Waals surface area contributed by atoms with Crippen molar-refractivity contribution in [2.24, 2.45) is 4.99 Å². The van der Waals surface area contributed by atoms with E-state index in [0.717, 1.165) is 38.4 Å². The van der Waals surface area contributed by atoms with Gasteiger partial charge in [-0.05, 0) is 48.4 Å². The van der Waals surface area contributed by atoms with E-state index in [0.29, 0.717) is 18.2 Å². The SMILES string of the molecule is CN=C(NCc1ccc(CN2CCc3ccccc32)cc1)NC1CC2CCC1O2.I. The van der Waals surface area contributed by atoms with E-state index < -0.39 is 0 Å². The first-order chi connectivity index (χ1) is 14.3. The van der Waals surface area contributed by atoms with Gasteiger partial charge < -0.3 is 20.3 Å². The third kappa shape index (κ3) is 4.59. The van der Waals surface area contributed by atoms with Gasteiger partial charge in [-0.3, -0.25) is 4.99 Å². The molecule has 30 heavy (non-hydrogen) atoms. The molecule has 0 spiro atoms. The molecule has 0 aromatic heterocycles. The summed E-state index contributed by atoms with van der Waals surface area (Å²) in [6, 6.07) is 18.1. The Morgan fingerprint density at radius 1 is 1.10 bits per heavy atom. The third-order valence-corrected chi connectivity index (χ3v) is 6.49. The van der Waals surface area contributed by atoms with Crippen molar-refractivity contribution in [3.8, 4) is 0 Å². The summed E-state index contributed by atoms with van der Waals surface area (Å²) in [5, 5.41) is 6.99. The van der Waals surface area contributed by atoms with Gasteiger partial charge in [0.05, 0.1) is 18.2 Å². The van der Waals surface area contributed by atoms with Gasteiger partial charge in [0.1, 0.15) is 0 Å². The van der Waals surface area contributed by atoms with Crippen molar-refractivity contribution in [2.45, 2.75) is 57.0 Å². The number of hydrogen-bond donors (Lipinski definition) is 2. The normalized spacial score (nSPS) is 24.5. The Morgan fingerprint density at radius 3 is 2.63 bits per heavy atom. The average molecular weight is 518 g/mol. The van der Waals surface area contributed by atoms with E-state index in [1.807, 2.05) is 7.05 Å². The molecule has 0 aliphatic carbocycles. The molecular weight excluding hydrogens is 487 g/mol. The quantitative estimate of drug-likeness (QED) is 0.359. The summed E-state index contributed by atoms with van der Waals surface area (Å²) in [5.41, 5.74) is 5.47. The van der Waals surface area contributed by atoms with Crippen LogP contribution < -0.4 is 15.5 Å². The molecule has 2 aromatic rings. The maximum atomic E-state index is 5.93. The number of guanidine groups is 1.